The lowest BCUT2D eigenvalue weighted by Gasteiger charge is -2.13. The van der Waals surface area contributed by atoms with E-state index in [0.29, 0.717) is 18.0 Å². The fraction of sp³-hybridized carbons (Fsp3) is 0.333. The van der Waals surface area contributed by atoms with Gasteiger partial charge in [0, 0.05) is 5.56 Å². The number of hydrogen-bond acceptors (Lipinski definition) is 4. The van der Waals surface area contributed by atoms with Crippen LogP contribution in [0, 0.1) is 0 Å². The van der Waals surface area contributed by atoms with Crippen LogP contribution in [0.15, 0.2) is 36.4 Å². The topological polar surface area (TPSA) is 64.6 Å². The molecule has 0 aliphatic carbocycles. The molecule has 28 heavy (non-hydrogen) atoms. The van der Waals surface area contributed by atoms with Gasteiger partial charge in [-0.2, -0.15) is 0 Å². The smallest absolute Gasteiger partial charge is 0.339 e. The van der Waals surface area contributed by atoms with Crippen molar-refractivity contribution < 1.29 is 19.1 Å². The van der Waals surface area contributed by atoms with Crippen molar-refractivity contribution in [1.82, 2.24) is 0 Å². The van der Waals surface area contributed by atoms with Crippen LogP contribution in [-0.4, -0.2) is 25.6 Å². The summed E-state index contributed by atoms with van der Waals surface area (Å²) >= 11 is 12.5. The molecule has 1 amide bonds. The molecule has 2 aromatic rings. The molecule has 5 nitrogen and oxygen atoms in total. The number of carbonyl (C=O) groups is 2. The van der Waals surface area contributed by atoms with E-state index in [0.717, 1.165) is 25.7 Å². The van der Waals surface area contributed by atoms with Crippen molar-refractivity contribution in [3.05, 3.63) is 57.6 Å². The molecule has 0 saturated heterocycles. The summed E-state index contributed by atoms with van der Waals surface area (Å²) in [6.07, 6.45) is 4.28. The number of amides is 1. The predicted octanol–water partition coefficient (Wildman–Crippen LogP) is 5.99. The van der Waals surface area contributed by atoms with Gasteiger partial charge in [0.15, 0.2) is 5.75 Å². The third kappa shape index (κ3) is 5.88. The number of halogens is 2. The number of ether oxygens (including phenoxy) is 2. The molecular weight excluding hydrogens is 401 g/mol. The van der Waals surface area contributed by atoms with E-state index < -0.39 is 11.9 Å². The summed E-state index contributed by atoms with van der Waals surface area (Å²) in [7, 11) is 1.28. The van der Waals surface area contributed by atoms with Gasteiger partial charge >= 0.3 is 5.97 Å². The third-order valence-corrected chi connectivity index (χ3v) is 4.65. The van der Waals surface area contributed by atoms with Crippen LogP contribution in [-0.2, 0) is 4.74 Å². The first-order chi connectivity index (χ1) is 13.5. The van der Waals surface area contributed by atoms with Crippen molar-refractivity contribution in [2.75, 3.05) is 19.0 Å². The Labute approximate surface area is 174 Å². The first kappa shape index (κ1) is 22.1. The largest absolute Gasteiger partial charge is 0.490 e. The normalized spacial score (nSPS) is 10.4. The fourth-order valence-corrected chi connectivity index (χ4v) is 3.20. The highest BCUT2D eigenvalue weighted by Crippen LogP contribution is 2.34. The Morgan fingerprint density at radius 1 is 1.04 bits per heavy atom. The summed E-state index contributed by atoms with van der Waals surface area (Å²) in [5.74, 6) is -0.625. The van der Waals surface area contributed by atoms with Gasteiger partial charge in [-0.3, -0.25) is 4.79 Å². The number of rotatable bonds is 9. The van der Waals surface area contributed by atoms with Gasteiger partial charge < -0.3 is 14.8 Å². The molecule has 2 aromatic carbocycles. The molecule has 0 aliphatic rings. The van der Waals surface area contributed by atoms with Gasteiger partial charge in [0.1, 0.15) is 0 Å². The van der Waals surface area contributed by atoms with E-state index >= 15 is 0 Å². The second-order valence-corrected chi connectivity index (χ2v) is 6.98. The maximum Gasteiger partial charge on any atom is 0.339 e. The van der Waals surface area contributed by atoms with Crippen molar-refractivity contribution in [3.8, 4) is 5.75 Å². The van der Waals surface area contributed by atoms with Crippen LogP contribution >= 0.6 is 23.2 Å². The average Bonchev–Trinajstić information content (AvgIpc) is 2.69. The number of para-hydroxylation sites is 1. The molecule has 0 bridgehead atoms. The average molecular weight is 424 g/mol. The SMILES string of the molecule is CCCCCCOc1c(Cl)cc(C(=O)Nc2ccccc2C(=O)OC)cc1Cl. The lowest BCUT2D eigenvalue weighted by atomic mass is 10.1. The van der Waals surface area contributed by atoms with E-state index in [9.17, 15) is 9.59 Å². The molecule has 0 aromatic heterocycles. The zero-order chi connectivity index (χ0) is 20.5. The zero-order valence-electron chi connectivity index (χ0n) is 15.9. The molecule has 7 heteroatoms. The minimum Gasteiger partial charge on any atom is -0.490 e. The van der Waals surface area contributed by atoms with Crippen LogP contribution in [0.1, 0.15) is 53.3 Å². The second-order valence-electron chi connectivity index (χ2n) is 6.17. The molecule has 0 unspecified atom stereocenters. The molecule has 1 N–H and O–H groups in total. The Hall–Kier alpha value is -2.24. The Balaban J connectivity index is 2.12. The number of carbonyl (C=O) groups excluding carboxylic acids is 2. The van der Waals surface area contributed by atoms with Gasteiger partial charge in [0.05, 0.1) is 35.0 Å². The number of esters is 1. The Kier molecular flexibility index (Phi) is 8.61. The van der Waals surface area contributed by atoms with Crippen LogP contribution in [0.3, 0.4) is 0 Å². The molecule has 0 saturated carbocycles. The van der Waals surface area contributed by atoms with E-state index in [4.69, 9.17) is 32.7 Å². The highest BCUT2D eigenvalue weighted by molar-refractivity contribution is 6.37. The van der Waals surface area contributed by atoms with Crippen molar-refractivity contribution in [1.29, 1.82) is 0 Å². The molecular formula is C21H23Cl2NO4. The number of methoxy groups -OCH3 is 1. The number of unbranched alkanes of at least 4 members (excludes halogenated alkanes) is 3. The highest BCUT2D eigenvalue weighted by atomic mass is 35.5. The van der Waals surface area contributed by atoms with Gasteiger partial charge in [-0.05, 0) is 30.7 Å². The first-order valence-corrected chi connectivity index (χ1v) is 9.84. The minimum absolute atomic E-state index is 0.252. The van der Waals surface area contributed by atoms with Crippen LogP contribution in [0.5, 0.6) is 5.75 Å². The monoisotopic (exact) mass is 423 g/mol. The van der Waals surface area contributed by atoms with Crippen LogP contribution in [0.2, 0.25) is 10.0 Å². The minimum atomic E-state index is -0.543. The first-order valence-electron chi connectivity index (χ1n) is 9.08. The molecule has 0 radical (unpaired) electrons. The summed E-state index contributed by atoms with van der Waals surface area (Å²) in [4.78, 5) is 24.4. The Morgan fingerprint density at radius 2 is 1.71 bits per heavy atom. The molecule has 0 aliphatic heterocycles. The van der Waals surface area contributed by atoms with Gasteiger partial charge in [-0.25, -0.2) is 4.79 Å². The van der Waals surface area contributed by atoms with Crippen molar-refractivity contribution >= 4 is 40.8 Å². The second kappa shape index (κ2) is 10.9. The van der Waals surface area contributed by atoms with E-state index in [1.54, 1.807) is 24.3 Å². The van der Waals surface area contributed by atoms with E-state index in [-0.39, 0.29) is 21.2 Å². The molecule has 2 rings (SSSR count). The number of hydrogen-bond donors (Lipinski definition) is 1. The summed E-state index contributed by atoms with van der Waals surface area (Å²) in [5.41, 5.74) is 0.846. The standard InChI is InChI=1S/C21H23Cl2NO4/c1-3-4-5-8-11-28-19-16(22)12-14(13-17(19)23)20(25)24-18-10-7-6-9-15(18)21(26)27-2/h6-7,9-10,12-13H,3-5,8,11H2,1-2H3,(H,24,25). The summed E-state index contributed by atoms with van der Waals surface area (Å²) in [6, 6.07) is 9.55. The van der Waals surface area contributed by atoms with Gasteiger partial charge in [0.2, 0.25) is 0 Å². The van der Waals surface area contributed by atoms with Crippen molar-refractivity contribution in [3.63, 3.8) is 0 Å². The highest BCUT2D eigenvalue weighted by Gasteiger charge is 2.17. The van der Waals surface area contributed by atoms with Gasteiger partial charge in [-0.1, -0.05) is 61.5 Å². The lowest BCUT2D eigenvalue weighted by Crippen LogP contribution is -2.15. The Bertz CT molecular complexity index is 816. The number of nitrogens with one attached hydrogen (secondary N) is 1. The predicted molar refractivity (Wildman–Crippen MR) is 112 cm³/mol. The quantitative estimate of drug-likeness (QED) is 0.397. The lowest BCUT2D eigenvalue weighted by molar-refractivity contribution is 0.0602. The van der Waals surface area contributed by atoms with Crippen molar-refractivity contribution in [2.24, 2.45) is 0 Å². The van der Waals surface area contributed by atoms with Gasteiger partial charge in [-0.15, -0.1) is 0 Å². The molecule has 0 atom stereocenters. The van der Waals surface area contributed by atoms with Crippen LogP contribution < -0.4 is 10.1 Å². The van der Waals surface area contributed by atoms with Crippen LogP contribution in [0.4, 0.5) is 5.69 Å². The van der Waals surface area contributed by atoms with E-state index in [2.05, 4.69) is 12.2 Å². The van der Waals surface area contributed by atoms with Crippen molar-refractivity contribution in [2.45, 2.75) is 32.6 Å². The Morgan fingerprint density at radius 3 is 2.36 bits per heavy atom. The fourth-order valence-electron chi connectivity index (χ4n) is 2.61. The molecule has 150 valence electrons. The molecule has 0 spiro atoms. The molecule has 0 fully saturated rings. The number of benzene rings is 2. The maximum absolute atomic E-state index is 12.6. The maximum atomic E-state index is 12.6. The van der Waals surface area contributed by atoms with E-state index in [1.165, 1.54) is 19.2 Å². The molecule has 0 heterocycles. The summed E-state index contributed by atoms with van der Waals surface area (Å²) in [6.45, 7) is 2.65. The third-order valence-electron chi connectivity index (χ3n) is 4.09. The van der Waals surface area contributed by atoms with E-state index in [1.807, 2.05) is 0 Å². The summed E-state index contributed by atoms with van der Waals surface area (Å²) in [5, 5.41) is 3.20. The van der Waals surface area contributed by atoms with Gasteiger partial charge in [0.25, 0.3) is 5.91 Å². The summed E-state index contributed by atoms with van der Waals surface area (Å²) < 4.78 is 10.4. The van der Waals surface area contributed by atoms with Crippen LogP contribution in [0.25, 0.3) is 0 Å². The zero-order valence-corrected chi connectivity index (χ0v) is 17.4. The number of anilines is 1.